The molecule has 0 amide bonds. The van der Waals surface area contributed by atoms with Crippen LogP contribution in [0.5, 0.6) is 0 Å². The highest BCUT2D eigenvalue weighted by Crippen LogP contribution is 2.16. The molecule has 0 saturated carbocycles. The van der Waals surface area contributed by atoms with E-state index in [2.05, 4.69) is 58.1 Å². The van der Waals surface area contributed by atoms with Gasteiger partial charge in [0.1, 0.15) is 5.82 Å². The molecular weight excluding hydrogens is 260 g/mol. The molecule has 4 heteroatoms. The Morgan fingerprint density at radius 3 is 2.90 bits per heavy atom. The molecule has 0 aliphatic rings. The number of aromatic nitrogens is 3. The third-order valence-corrected chi connectivity index (χ3v) is 3.80. The van der Waals surface area contributed by atoms with Gasteiger partial charge in [0.15, 0.2) is 0 Å². The van der Waals surface area contributed by atoms with Gasteiger partial charge in [0.25, 0.3) is 0 Å². The van der Waals surface area contributed by atoms with Gasteiger partial charge in [-0.1, -0.05) is 19.1 Å². The molecular formula is C17H22N4. The van der Waals surface area contributed by atoms with Crippen molar-refractivity contribution in [3.63, 3.8) is 0 Å². The highest BCUT2D eigenvalue weighted by atomic mass is 15.0. The summed E-state index contributed by atoms with van der Waals surface area (Å²) in [5.41, 5.74) is 3.44. The molecule has 3 aromatic rings. The first-order valence-electron chi connectivity index (χ1n) is 7.60. The van der Waals surface area contributed by atoms with Gasteiger partial charge in [-0.3, -0.25) is 0 Å². The fourth-order valence-electron chi connectivity index (χ4n) is 2.60. The van der Waals surface area contributed by atoms with Crippen LogP contribution in [0.25, 0.3) is 11.0 Å². The zero-order chi connectivity index (χ0) is 14.7. The standard InChI is InChI=1S/C17H22N4/c1-3-10-21-11-6-7-14(21)12-18-13(2)17-19-15-8-4-5-9-16(15)20-17/h4-9,11,13,18H,3,10,12H2,1-2H3,(H,19,20). The summed E-state index contributed by atoms with van der Waals surface area (Å²) in [6, 6.07) is 12.6. The van der Waals surface area contributed by atoms with E-state index in [1.54, 1.807) is 0 Å². The number of H-pyrrole nitrogens is 1. The fraction of sp³-hybridized carbons (Fsp3) is 0.353. The molecule has 4 nitrogen and oxygen atoms in total. The summed E-state index contributed by atoms with van der Waals surface area (Å²) in [6.45, 7) is 6.27. The smallest absolute Gasteiger partial charge is 0.124 e. The highest BCUT2D eigenvalue weighted by Gasteiger charge is 2.10. The lowest BCUT2D eigenvalue weighted by molar-refractivity contribution is 0.526. The van der Waals surface area contributed by atoms with Crippen molar-refractivity contribution in [1.82, 2.24) is 19.9 Å². The first-order chi connectivity index (χ1) is 10.3. The van der Waals surface area contributed by atoms with E-state index < -0.39 is 0 Å². The molecule has 110 valence electrons. The maximum Gasteiger partial charge on any atom is 0.124 e. The van der Waals surface area contributed by atoms with Gasteiger partial charge in [-0.05, 0) is 37.6 Å². The van der Waals surface area contributed by atoms with Crippen LogP contribution >= 0.6 is 0 Å². The Balaban J connectivity index is 1.68. The molecule has 2 N–H and O–H groups in total. The van der Waals surface area contributed by atoms with Crippen molar-refractivity contribution in [2.75, 3.05) is 0 Å². The first kappa shape index (κ1) is 13.9. The Morgan fingerprint density at radius 2 is 2.10 bits per heavy atom. The van der Waals surface area contributed by atoms with Gasteiger partial charge in [-0.2, -0.15) is 0 Å². The number of benzene rings is 1. The molecule has 2 heterocycles. The second kappa shape index (κ2) is 6.14. The molecule has 0 saturated heterocycles. The minimum atomic E-state index is 0.197. The lowest BCUT2D eigenvalue weighted by Crippen LogP contribution is -2.21. The minimum absolute atomic E-state index is 0.197. The van der Waals surface area contributed by atoms with E-state index in [0.29, 0.717) is 0 Å². The molecule has 1 aromatic carbocycles. The fourth-order valence-corrected chi connectivity index (χ4v) is 2.60. The molecule has 2 aromatic heterocycles. The van der Waals surface area contributed by atoms with Crippen LogP contribution in [-0.4, -0.2) is 14.5 Å². The van der Waals surface area contributed by atoms with Crippen LogP contribution < -0.4 is 5.32 Å². The summed E-state index contributed by atoms with van der Waals surface area (Å²) in [5, 5.41) is 3.55. The van der Waals surface area contributed by atoms with Crippen molar-refractivity contribution in [3.05, 3.63) is 54.1 Å². The predicted octanol–water partition coefficient (Wildman–Crippen LogP) is 3.63. The van der Waals surface area contributed by atoms with Gasteiger partial charge in [-0.25, -0.2) is 4.98 Å². The largest absolute Gasteiger partial charge is 0.350 e. The maximum atomic E-state index is 4.65. The van der Waals surface area contributed by atoms with Gasteiger partial charge in [0, 0.05) is 25.0 Å². The summed E-state index contributed by atoms with van der Waals surface area (Å²) in [4.78, 5) is 8.03. The summed E-state index contributed by atoms with van der Waals surface area (Å²) in [6.07, 6.45) is 3.30. The number of hydrogen-bond donors (Lipinski definition) is 2. The van der Waals surface area contributed by atoms with Crippen molar-refractivity contribution >= 4 is 11.0 Å². The maximum absolute atomic E-state index is 4.65. The summed E-state index contributed by atoms with van der Waals surface area (Å²) in [7, 11) is 0. The Kier molecular flexibility index (Phi) is 4.06. The first-order valence-corrected chi connectivity index (χ1v) is 7.60. The quantitative estimate of drug-likeness (QED) is 0.725. The van der Waals surface area contributed by atoms with Gasteiger partial charge in [0.2, 0.25) is 0 Å². The molecule has 3 rings (SSSR count). The normalized spacial score (nSPS) is 12.9. The lowest BCUT2D eigenvalue weighted by atomic mass is 10.3. The number of aromatic amines is 1. The third-order valence-electron chi connectivity index (χ3n) is 3.80. The van der Waals surface area contributed by atoms with Crippen molar-refractivity contribution in [2.45, 2.75) is 39.4 Å². The molecule has 0 aliphatic carbocycles. The highest BCUT2D eigenvalue weighted by molar-refractivity contribution is 5.74. The van der Waals surface area contributed by atoms with Crippen LogP contribution in [0.2, 0.25) is 0 Å². The minimum Gasteiger partial charge on any atom is -0.350 e. The van der Waals surface area contributed by atoms with Crippen LogP contribution in [0, 0.1) is 0 Å². The van der Waals surface area contributed by atoms with Crippen molar-refractivity contribution in [1.29, 1.82) is 0 Å². The van der Waals surface area contributed by atoms with E-state index in [9.17, 15) is 0 Å². The number of para-hydroxylation sites is 2. The number of imidazole rings is 1. The van der Waals surface area contributed by atoms with E-state index in [-0.39, 0.29) is 6.04 Å². The lowest BCUT2D eigenvalue weighted by Gasteiger charge is -2.13. The van der Waals surface area contributed by atoms with Crippen molar-refractivity contribution in [2.24, 2.45) is 0 Å². The zero-order valence-corrected chi connectivity index (χ0v) is 12.6. The molecule has 0 aliphatic heterocycles. The molecule has 0 bridgehead atoms. The molecule has 0 spiro atoms. The SMILES string of the molecule is CCCn1cccc1CNC(C)c1nc2ccccc2[nH]1. The average molecular weight is 282 g/mol. The zero-order valence-electron chi connectivity index (χ0n) is 12.6. The van der Waals surface area contributed by atoms with E-state index in [1.807, 2.05) is 18.2 Å². The topological polar surface area (TPSA) is 45.6 Å². The molecule has 1 unspecified atom stereocenters. The van der Waals surface area contributed by atoms with Crippen LogP contribution in [-0.2, 0) is 13.1 Å². The number of hydrogen-bond acceptors (Lipinski definition) is 2. The van der Waals surface area contributed by atoms with E-state index >= 15 is 0 Å². The summed E-state index contributed by atoms with van der Waals surface area (Å²) >= 11 is 0. The number of rotatable bonds is 6. The number of nitrogens with one attached hydrogen (secondary N) is 2. The van der Waals surface area contributed by atoms with Gasteiger partial charge >= 0.3 is 0 Å². The van der Waals surface area contributed by atoms with E-state index in [4.69, 9.17) is 0 Å². The molecule has 21 heavy (non-hydrogen) atoms. The second-order valence-corrected chi connectivity index (χ2v) is 5.43. The van der Waals surface area contributed by atoms with Crippen LogP contribution in [0.4, 0.5) is 0 Å². The second-order valence-electron chi connectivity index (χ2n) is 5.43. The molecule has 0 radical (unpaired) electrons. The van der Waals surface area contributed by atoms with E-state index in [0.717, 1.165) is 36.4 Å². The monoisotopic (exact) mass is 282 g/mol. The van der Waals surface area contributed by atoms with Gasteiger partial charge in [0.05, 0.1) is 17.1 Å². The van der Waals surface area contributed by atoms with E-state index in [1.165, 1.54) is 5.69 Å². The summed E-state index contributed by atoms with van der Waals surface area (Å²) < 4.78 is 2.30. The Labute approximate surface area is 125 Å². The number of aryl methyl sites for hydroxylation is 1. The van der Waals surface area contributed by atoms with Crippen LogP contribution in [0.3, 0.4) is 0 Å². The van der Waals surface area contributed by atoms with Crippen molar-refractivity contribution < 1.29 is 0 Å². The van der Waals surface area contributed by atoms with Gasteiger partial charge < -0.3 is 14.9 Å². The Hall–Kier alpha value is -2.07. The van der Waals surface area contributed by atoms with Gasteiger partial charge in [-0.15, -0.1) is 0 Å². The molecule has 1 atom stereocenters. The van der Waals surface area contributed by atoms with Crippen LogP contribution in [0.1, 0.15) is 37.8 Å². The summed E-state index contributed by atoms with van der Waals surface area (Å²) in [5.74, 6) is 0.991. The van der Waals surface area contributed by atoms with Crippen LogP contribution in [0.15, 0.2) is 42.6 Å². The predicted molar refractivity (Wildman–Crippen MR) is 86.1 cm³/mol. The number of nitrogens with zero attached hydrogens (tertiary/aromatic N) is 2. The van der Waals surface area contributed by atoms with Crippen molar-refractivity contribution in [3.8, 4) is 0 Å². The average Bonchev–Trinajstić information content (AvgIpc) is 3.11. The Bertz CT molecular complexity index is 677. The number of fused-ring (bicyclic) bond motifs is 1. The Morgan fingerprint density at radius 1 is 1.24 bits per heavy atom. The molecule has 0 fully saturated rings. The third kappa shape index (κ3) is 3.00.